The minimum absolute atomic E-state index is 0.105. The van der Waals surface area contributed by atoms with Crippen LogP contribution < -0.4 is 0 Å². The van der Waals surface area contributed by atoms with Gasteiger partial charge in [-0.3, -0.25) is 0 Å². The molecule has 19 heavy (non-hydrogen) atoms. The van der Waals surface area contributed by atoms with Crippen LogP contribution in [0, 0.1) is 0 Å². The lowest BCUT2D eigenvalue weighted by Crippen LogP contribution is -1.81. The first kappa shape index (κ1) is 11.7. The first-order valence-corrected chi connectivity index (χ1v) is 6.00. The van der Waals surface area contributed by atoms with Crippen LogP contribution in [-0.2, 0) is 0 Å². The van der Waals surface area contributed by atoms with Gasteiger partial charge in [0.15, 0.2) is 0 Å². The highest BCUT2D eigenvalue weighted by Gasteiger charge is 2.13. The summed E-state index contributed by atoms with van der Waals surface area (Å²) in [6.07, 6.45) is 0. The Balaban J connectivity index is 2.00. The molecule has 0 spiro atoms. The molecule has 0 aliphatic heterocycles. The zero-order valence-electron chi connectivity index (χ0n) is 9.75. The highest BCUT2D eigenvalue weighted by Crippen LogP contribution is 2.29. The minimum Gasteiger partial charge on any atom is -0.507 e. The van der Waals surface area contributed by atoms with E-state index in [0.29, 0.717) is 16.4 Å². The third-order valence-corrected chi connectivity index (χ3v) is 2.91. The lowest BCUT2D eigenvalue weighted by Gasteiger charge is -1.96. The second-order valence-corrected chi connectivity index (χ2v) is 4.38. The van der Waals surface area contributed by atoms with Gasteiger partial charge in [-0.25, -0.2) is 0 Å². The number of aromatic hydroxyl groups is 1. The monoisotopic (exact) mass is 272 g/mol. The fourth-order valence-corrected chi connectivity index (χ4v) is 1.83. The van der Waals surface area contributed by atoms with E-state index < -0.39 is 0 Å². The van der Waals surface area contributed by atoms with Gasteiger partial charge < -0.3 is 9.63 Å². The summed E-state index contributed by atoms with van der Waals surface area (Å²) in [6, 6.07) is 13.9. The molecular weight excluding hydrogens is 264 g/mol. The van der Waals surface area contributed by atoms with Crippen molar-refractivity contribution in [2.24, 2.45) is 0 Å². The van der Waals surface area contributed by atoms with Gasteiger partial charge in [0.25, 0.3) is 5.89 Å². The zero-order chi connectivity index (χ0) is 13.2. The number of benzene rings is 2. The second kappa shape index (κ2) is 4.74. The fraction of sp³-hybridized carbons (Fsp3) is 0. The van der Waals surface area contributed by atoms with Crippen molar-refractivity contribution < 1.29 is 9.63 Å². The summed E-state index contributed by atoms with van der Waals surface area (Å²) in [4.78, 5) is 4.26. The van der Waals surface area contributed by atoms with E-state index in [1.54, 1.807) is 36.4 Å². The summed E-state index contributed by atoms with van der Waals surface area (Å²) in [5.74, 6) is 0.840. The van der Waals surface area contributed by atoms with Crippen molar-refractivity contribution in [2.75, 3.05) is 0 Å². The van der Waals surface area contributed by atoms with E-state index in [9.17, 15) is 5.11 Å². The van der Waals surface area contributed by atoms with Crippen molar-refractivity contribution in [1.29, 1.82) is 0 Å². The van der Waals surface area contributed by atoms with Gasteiger partial charge >= 0.3 is 0 Å². The lowest BCUT2D eigenvalue weighted by atomic mass is 10.2. The Kier molecular flexibility index (Phi) is 2.93. The quantitative estimate of drug-likeness (QED) is 0.771. The number of hydrogen-bond donors (Lipinski definition) is 1. The molecule has 0 saturated carbocycles. The van der Waals surface area contributed by atoms with Crippen molar-refractivity contribution in [3.8, 4) is 28.6 Å². The Morgan fingerprint density at radius 2 is 1.74 bits per heavy atom. The molecule has 0 saturated heterocycles. The largest absolute Gasteiger partial charge is 0.507 e. The molecule has 2 aromatic carbocycles. The molecule has 1 N–H and O–H groups in total. The molecule has 0 unspecified atom stereocenters. The van der Waals surface area contributed by atoms with Gasteiger partial charge in [-0.05, 0) is 36.4 Å². The van der Waals surface area contributed by atoms with Crippen molar-refractivity contribution >= 4 is 11.6 Å². The molecule has 1 aromatic heterocycles. The van der Waals surface area contributed by atoms with E-state index in [1.807, 2.05) is 12.1 Å². The Bertz CT molecular complexity index is 707. The molecular formula is C14H9ClN2O2. The SMILES string of the molecule is Oc1ccccc1-c1nc(-c2ccc(Cl)cc2)no1. The van der Waals surface area contributed by atoms with E-state index in [4.69, 9.17) is 16.1 Å². The minimum atomic E-state index is 0.105. The maximum atomic E-state index is 9.73. The van der Waals surface area contributed by atoms with Crippen molar-refractivity contribution in [3.63, 3.8) is 0 Å². The van der Waals surface area contributed by atoms with Crippen LogP contribution in [0.15, 0.2) is 53.1 Å². The van der Waals surface area contributed by atoms with Gasteiger partial charge in [0.05, 0.1) is 5.56 Å². The van der Waals surface area contributed by atoms with Crippen LogP contribution >= 0.6 is 11.6 Å². The molecule has 94 valence electrons. The van der Waals surface area contributed by atoms with Gasteiger partial charge in [0.1, 0.15) is 5.75 Å². The van der Waals surface area contributed by atoms with Crippen LogP contribution in [0.3, 0.4) is 0 Å². The normalized spacial score (nSPS) is 10.6. The van der Waals surface area contributed by atoms with E-state index in [1.165, 1.54) is 0 Å². The first-order chi connectivity index (χ1) is 9.24. The number of rotatable bonds is 2. The standard InChI is InChI=1S/C14H9ClN2O2/c15-10-7-5-9(6-8-10)13-16-14(19-17-13)11-3-1-2-4-12(11)18/h1-8,18H. The molecule has 0 bridgehead atoms. The Labute approximate surface area is 114 Å². The summed E-state index contributed by atoms with van der Waals surface area (Å²) in [5.41, 5.74) is 1.31. The van der Waals surface area contributed by atoms with Crippen LogP contribution in [0.1, 0.15) is 0 Å². The molecule has 0 atom stereocenters. The van der Waals surface area contributed by atoms with Crippen molar-refractivity contribution in [1.82, 2.24) is 10.1 Å². The number of phenolic OH excluding ortho intramolecular Hbond substituents is 1. The topological polar surface area (TPSA) is 59.2 Å². The summed E-state index contributed by atoms with van der Waals surface area (Å²) in [7, 11) is 0. The average Bonchev–Trinajstić information content (AvgIpc) is 2.89. The highest BCUT2D eigenvalue weighted by molar-refractivity contribution is 6.30. The molecule has 1 heterocycles. The smallest absolute Gasteiger partial charge is 0.261 e. The van der Waals surface area contributed by atoms with Gasteiger partial charge in [-0.15, -0.1) is 0 Å². The van der Waals surface area contributed by atoms with Crippen LogP contribution in [0.25, 0.3) is 22.8 Å². The molecule has 0 amide bonds. The fourth-order valence-electron chi connectivity index (χ4n) is 1.70. The summed E-state index contributed by atoms with van der Waals surface area (Å²) >= 11 is 5.82. The Morgan fingerprint density at radius 1 is 1.00 bits per heavy atom. The molecule has 5 heteroatoms. The van der Waals surface area contributed by atoms with Crippen LogP contribution in [-0.4, -0.2) is 15.2 Å². The molecule has 0 aliphatic carbocycles. The third kappa shape index (κ3) is 2.30. The summed E-state index contributed by atoms with van der Waals surface area (Å²) < 4.78 is 5.16. The molecule has 0 fully saturated rings. The third-order valence-electron chi connectivity index (χ3n) is 2.66. The van der Waals surface area contributed by atoms with Crippen molar-refractivity contribution in [3.05, 3.63) is 53.6 Å². The summed E-state index contributed by atoms with van der Waals surface area (Å²) in [6.45, 7) is 0. The number of aromatic nitrogens is 2. The molecule has 0 radical (unpaired) electrons. The van der Waals surface area contributed by atoms with E-state index in [0.717, 1.165) is 5.56 Å². The van der Waals surface area contributed by atoms with Gasteiger partial charge in [0.2, 0.25) is 5.82 Å². The second-order valence-electron chi connectivity index (χ2n) is 3.95. The van der Waals surface area contributed by atoms with E-state index in [2.05, 4.69) is 10.1 Å². The maximum absolute atomic E-state index is 9.73. The lowest BCUT2D eigenvalue weighted by molar-refractivity contribution is 0.426. The van der Waals surface area contributed by atoms with E-state index >= 15 is 0 Å². The van der Waals surface area contributed by atoms with Crippen LogP contribution in [0.2, 0.25) is 5.02 Å². The number of halogens is 1. The van der Waals surface area contributed by atoms with E-state index in [-0.39, 0.29) is 11.6 Å². The number of nitrogens with zero attached hydrogens (tertiary/aromatic N) is 2. The molecule has 4 nitrogen and oxygen atoms in total. The summed E-state index contributed by atoms with van der Waals surface area (Å²) in [5, 5.41) is 14.3. The number of phenols is 1. The molecule has 3 rings (SSSR count). The molecule has 0 aliphatic rings. The number of para-hydroxylation sites is 1. The van der Waals surface area contributed by atoms with Crippen molar-refractivity contribution in [2.45, 2.75) is 0 Å². The Morgan fingerprint density at radius 3 is 2.47 bits per heavy atom. The Hall–Kier alpha value is -2.33. The van der Waals surface area contributed by atoms with Crippen LogP contribution in [0.4, 0.5) is 0 Å². The average molecular weight is 273 g/mol. The van der Waals surface area contributed by atoms with Gasteiger partial charge in [-0.2, -0.15) is 4.98 Å². The van der Waals surface area contributed by atoms with Gasteiger partial charge in [0, 0.05) is 10.6 Å². The molecule has 3 aromatic rings. The van der Waals surface area contributed by atoms with Crippen LogP contribution in [0.5, 0.6) is 5.75 Å². The predicted molar refractivity (Wildman–Crippen MR) is 71.8 cm³/mol. The number of hydrogen-bond acceptors (Lipinski definition) is 4. The highest BCUT2D eigenvalue weighted by atomic mass is 35.5. The van der Waals surface area contributed by atoms with Gasteiger partial charge in [-0.1, -0.05) is 28.9 Å². The maximum Gasteiger partial charge on any atom is 0.261 e. The first-order valence-electron chi connectivity index (χ1n) is 5.62. The zero-order valence-corrected chi connectivity index (χ0v) is 10.5. The predicted octanol–water partition coefficient (Wildman–Crippen LogP) is 3.76.